The molecular weight excluding hydrogens is 448 g/mol. The number of aryl methyl sites for hydroxylation is 1. The van der Waals surface area contributed by atoms with Gasteiger partial charge in [0.2, 0.25) is 5.95 Å². The second-order valence-corrected chi connectivity index (χ2v) is 9.51. The van der Waals surface area contributed by atoms with Crippen molar-refractivity contribution in [3.05, 3.63) is 64.8 Å². The van der Waals surface area contributed by atoms with E-state index in [1.807, 2.05) is 43.3 Å². The first kappa shape index (κ1) is 24.3. The van der Waals surface area contributed by atoms with Crippen molar-refractivity contribution >= 4 is 34.7 Å². The molecule has 1 aliphatic heterocycles. The molecular formula is C26H33ClN6O. The summed E-state index contributed by atoms with van der Waals surface area (Å²) < 4.78 is 6.15. The zero-order valence-electron chi connectivity index (χ0n) is 20.2. The summed E-state index contributed by atoms with van der Waals surface area (Å²) in [5.41, 5.74) is 4.07. The lowest BCUT2D eigenvalue weighted by atomic mass is 10.1. The van der Waals surface area contributed by atoms with Gasteiger partial charge in [-0.25, -0.2) is 4.98 Å². The molecule has 4 rings (SSSR count). The first-order valence-electron chi connectivity index (χ1n) is 11.7. The van der Waals surface area contributed by atoms with Gasteiger partial charge >= 0.3 is 0 Å². The number of nitrogens with zero attached hydrogens (tertiary/aromatic N) is 3. The number of benzene rings is 2. The Hall–Kier alpha value is -2.87. The van der Waals surface area contributed by atoms with Crippen LogP contribution in [0.15, 0.2) is 48.7 Å². The van der Waals surface area contributed by atoms with E-state index in [1.165, 1.54) is 0 Å². The van der Waals surface area contributed by atoms with Crippen molar-refractivity contribution in [2.24, 2.45) is 0 Å². The fraction of sp³-hybridized carbons (Fsp3) is 0.385. The zero-order chi connectivity index (χ0) is 24.1. The summed E-state index contributed by atoms with van der Waals surface area (Å²) in [6, 6.07) is 14.6. The third kappa shape index (κ3) is 6.38. The molecule has 7 nitrogen and oxygen atoms in total. The van der Waals surface area contributed by atoms with E-state index in [4.69, 9.17) is 16.3 Å². The van der Waals surface area contributed by atoms with Crippen LogP contribution < -0.4 is 20.7 Å². The van der Waals surface area contributed by atoms with Gasteiger partial charge in [0, 0.05) is 37.1 Å². The number of rotatable bonds is 9. The topological polar surface area (TPSA) is 74.3 Å². The van der Waals surface area contributed by atoms with Crippen LogP contribution in [0.2, 0.25) is 5.02 Å². The number of para-hydroxylation sites is 1. The van der Waals surface area contributed by atoms with Crippen LogP contribution in [0.1, 0.15) is 31.4 Å². The van der Waals surface area contributed by atoms with Crippen LogP contribution >= 0.6 is 11.6 Å². The molecule has 0 spiro atoms. The molecule has 0 radical (unpaired) electrons. The molecule has 2 aromatic carbocycles. The number of likely N-dealkylation sites (N-methyl/N-ethyl adjacent to an activating group) is 1. The molecule has 1 unspecified atom stereocenters. The number of hydrogen-bond donors (Lipinski definition) is 3. The van der Waals surface area contributed by atoms with Gasteiger partial charge in [-0.1, -0.05) is 43.6 Å². The monoisotopic (exact) mass is 480 g/mol. The van der Waals surface area contributed by atoms with Gasteiger partial charge in [0.25, 0.3) is 0 Å². The molecule has 1 aliphatic rings. The average Bonchev–Trinajstić information content (AvgIpc) is 3.21. The molecule has 0 aliphatic carbocycles. The zero-order valence-corrected chi connectivity index (χ0v) is 21.0. The normalized spacial score (nSPS) is 16.1. The lowest BCUT2D eigenvalue weighted by molar-refractivity contribution is 0.208. The molecule has 8 heteroatoms. The Labute approximate surface area is 206 Å². The van der Waals surface area contributed by atoms with Crippen molar-refractivity contribution in [2.45, 2.75) is 45.9 Å². The Morgan fingerprint density at radius 1 is 1.15 bits per heavy atom. The van der Waals surface area contributed by atoms with Crippen LogP contribution in [-0.4, -0.2) is 47.2 Å². The van der Waals surface area contributed by atoms with E-state index in [1.54, 1.807) is 6.20 Å². The van der Waals surface area contributed by atoms with Crippen LogP contribution in [0.3, 0.4) is 0 Å². The van der Waals surface area contributed by atoms with E-state index in [0.717, 1.165) is 54.3 Å². The van der Waals surface area contributed by atoms with Crippen molar-refractivity contribution in [2.75, 3.05) is 30.8 Å². The first-order valence-corrected chi connectivity index (χ1v) is 12.1. The Morgan fingerprint density at radius 2 is 1.97 bits per heavy atom. The SMILES string of the molecule is Cc1cc(OC2CCN(C)C2)ccc1Nc1ncc(Cl)c(Nc2ccccc2CNC(C)C)n1. The molecule has 180 valence electrons. The van der Waals surface area contributed by atoms with Crippen molar-refractivity contribution in [1.82, 2.24) is 20.2 Å². The molecule has 3 N–H and O–H groups in total. The van der Waals surface area contributed by atoms with E-state index >= 15 is 0 Å². The van der Waals surface area contributed by atoms with Crippen LogP contribution in [0.25, 0.3) is 0 Å². The minimum atomic E-state index is 0.245. The maximum Gasteiger partial charge on any atom is 0.229 e. The average molecular weight is 481 g/mol. The smallest absolute Gasteiger partial charge is 0.229 e. The number of halogens is 1. The molecule has 34 heavy (non-hydrogen) atoms. The Kier molecular flexibility index (Phi) is 7.88. The summed E-state index contributed by atoms with van der Waals surface area (Å²) in [5, 5.41) is 10.6. The number of aromatic nitrogens is 2. The summed E-state index contributed by atoms with van der Waals surface area (Å²) >= 11 is 6.42. The van der Waals surface area contributed by atoms with Crippen molar-refractivity contribution in [3.63, 3.8) is 0 Å². The molecule has 0 amide bonds. The van der Waals surface area contributed by atoms with Crippen LogP contribution in [0, 0.1) is 6.92 Å². The largest absolute Gasteiger partial charge is 0.489 e. The Morgan fingerprint density at radius 3 is 2.71 bits per heavy atom. The molecule has 2 heterocycles. The maximum absolute atomic E-state index is 6.42. The summed E-state index contributed by atoms with van der Waals surface area (Å²) in [4.78, 5) is 11.3. The van der Waals surface area contributed by atoms with Gasteiger partial charge in [-0.2, -0.15) is 4.98 Å². The van der Waals surface area contributed by atoms with Crippen molar-refractivity contribution in [1.29, 1.82) is 0 Å². The van der Waals surface area contributed by atoms with Crippen molar-refractivity contribution < 1.29 is 4.74 Å². The highest BCUT2D eigenvalue weighted by Crippen LogP contribution is 2.29. The molecule has 1 atom stereocenters. The lowest BCUT2D eigenvalue weighted by Gasteiger charge is -2.16. The highest BCUT2D eigenvalue weighted by molar-refractivity contribution is 6.32. The molecule has 1 fully saturated rings. The lowest BCUT2D eigenvalue weighted by Crippen LogP contribution is -2.22. The van der Waals surface area contributed by atoms with E-state index in [2.05, 4.69) is 57.8 Å². The van der Waals surface area contributed by atoms with Gasteiger partial charge < -0.3 is 25.6 Å². The van der Waals surface area contributed by atoms with Gasteiger partial charge in [0.05, 0.1) is 6.20 Å². The summed E-state index contributed by atoms with van der Waals surface area (Å²) in [7, 11) is 2.12. The third-order valence-corrected chi connectivity index (χ3v) is 6.09. The molecule has 0 bridgehead atoms. The number of likely N-dealkylation sites (tertiary alicyclic amines) is 1. The van der Waals surface area contributed by atoms with E-state index in [0.29, 0.717) is 22.8 Å². The molecule has 3 aromatic rings. The van der Waals surface area contributed by atoms with Crippen LogP contribution in [-0.2, 0) is 6.54 Å². The van der Waals surface area contributed by atoms with Gasteiger partial charge in [-0.15, -0.1) is 0 Å². The summed E-state index contributed by atoms with van der Waals surface area (Å²) in [6.07, 6.45) is 2.91. The number of hydrogen-bond acceptors (Lipinski definition) is 7. The standard InChI is InChI=1S/C26H33ClN6O/c1-17(2)28-14-19-7-5-6-8-24(19)30-25-22(27)15-29-26(32-25)31-23-10-9-20(13-18(23)3)34-21-11-12-33(4)16-21/h5-10,13,15,17,21,28H,11-12,14,16H2,1-4H3,(H2,29,30,31,32). The second-order valence-electron chi connectivity index (χ2n) is 9.10. The number of anilines is 4. The fourth-order valence-electron chi connectivity index (χ4n) is 3.91. The highest BCUT2D eigenvalue weighted by Gasteiger charge is 2.21. The molecule has 0 saturated carbocycles. The summed E-state index contributed by atoms with van der Waals surface area (Å²) in [6.45, 7) is 9.09. The summed E-state index contributed by atoms with van der Waals surface area (Å²) in [5.74, 6) is 1.91. The first-order chi connectivity index (χ1) is 16.4. The van der Waals surface area contributed by atoms with Crippen LogP contribution in [0.4, 0.5) is 23.1 Å². The molecule has 1 aromatic heterocycles. The van der Waals surface area contributed by atoms with Crippen LogP contribution in [0.5, 0.6) is 5.75 Å². The minimum Gasteiger partial charge on any atom is -0.489 e. The third-order valence-electron chi connectivity index (χ3n) is 5.81. The molecule has 1 saturated heterocycles. The maximum atomic E-state index is 6.42. The van der Waals surface area contributed by atoms with Gasteiger partial charge in [0.1, 0.15) is 16.9 Å². The number of nitrogens with one attached hydrogen (secondary N) is 3. The Bertz CT molecular complexity index is 1120. The number of ether oxygens (including phenoxy) is 1. The fourth-order valence-corrected chi connectivity index (χ4v) is 4.04. The van der Waals surface area contributed by atoms with E-state index < -0.39 is 0 Å². The predicted molar refractivity (Wildman–Crippen MR) is 140 cm³/mol. The van der Waals surface area contributed by atoms with Gasteiger partial charge in [-0.3, -0.25) is 0 Å². The van der Waals surface area contributed by atoms with Gasteiger partial charge in [-0.05, 0) is 55.8 Å². The van der Waals surface area contributed by atoms with Gasteiger partial charge in [0.15, 0.2) is 5.82 Å². The predicted octanol–water partition coefficient (Wildman–Crippen LogP) is 5.51. The highest BCUT2D eigenvalue weighted by atomic mass is 35.5. The Balaban J connectivity index is 1.46. The van der Waals surface area contributed by atoms with Crippen molar-refractivity contribution in [3.8, 4) is 5.75 Å². The quantitative estimate of drug-likeness (QED) is 0.373. The second kappa shape index (κ2) is 11.0. The van der Waals surface area contributed by atoms with E-state index in [9.17, 15) is 0 Å². The van der Waals surface area contributed by atoms with E-state index in [-0.39, 0.29) is 6.10 Å². The minimum absolute atomic E-state index is 0.245.